The Morgan fingerprint density at radius 3 is 2.11 bits per heavy atom. The Labute approximate surface area is 115 Å². The summed E-state index contributed by atoms with van der Waals surface area (Å²) in [5.41, 5.74) is 0. The van der Waals surface area contributed by atoms with Gasteiger partial charge in [-0.2, -0.15) is 0 Å². The Bertz CT molecular complexity index is 542. The van der Waals surface area contributed by atoms with Crippen LogP contribution >= 0.6 is 0 Å². The molecule has 0 aromatic heterocycles. The van der Waals surface area contributed by atoms with Crippen LogP contribution < -0.4 is 0 Å². The molecule has 4 bridgehead atoms. The molecule has 0 radical (unpaired) electrons. The molecule has 0 aromatic carbocycles. The molecule has 7 rings (SSSR count). The van der Waals surface area contributed by atoms with E-state index in [-0.39, 0.29) is 0 Å². The van der Waals surface area contributed by atoms with Crippen molar-refractivity contribution in [2.75, 3.05) is 0 Å². The minimum Gasteiger partial charge on any atom is -0.0879 e. The van der Waals surface area contributed by atoms with E-state index in [1.165, 1.54) is 30.1 Å². The Balaban J connectivity index is 1.33. The summed E-state index contributed by atoms with van der Waals surface area (Å²) < 4.78 is 0. The Kier molecular flexibility index (Phi) is 1.30. The average Bonchev–Trinajstić information content (AvgIpc) is 3.07. The maximum atomic E-state index is 2.61. The summed E-state index contributed by atoms with van der Waals surface area (Å²) >= 11 is 0. The standard InChI is InChI=1S/C19H22/c1-2-10-11(3-1)17-13-7-12(16(10)17)18-14-8-4-5-9(6-8)15(14)19(13)18/h1-2,4-5,8-19H,3,6-7H2. The monoisotopic (exact) mass is 250 g/mol. The van der Waals surface area contributed by atoms with Gasteiger partial charge in [0.25, 0.3) is 0 Å². The highest BCUT2D eigenvalue weighted by atomic mass is 14.8. The van der Waals surface area contributed by atoms with Crippen LogP contribution in [0.15, 0.2) is 24.3 Å². The third-order valence-corrected chi connectivity index (χ3v) is 9.08. The normalized spacial score (nSPS) is 75.4. The lowest BCUT2D eigenvalue weighted by molar-refractivity contribution is -0.164. The van der Waals surface area contributed by atoms with Crippen molar-refractivity contribution in [3.05, 3.63) is 24.3 Å². The fraction of sp³-hybridized carbons (Fsp3) is 0.789. The van der Waals surface area contributed by atoms with E-state index in [4.69, 9.17) is 0 Å². The predicted molar refractivity (Wildman–Crippen MR) is 74.0 cm³/mol. The topological polar surface area (TPSA) is 0 Å². The van der Waals surface area contributed by atoms with Gasteiger partial charge in [0.2, 0.25) is 0 Å². The van der Waals surface area contributed by atoms with Crippen molar-refractivity contribution >= 4 is 0 Å². The summed E-state index contributed by atoms with van der Waals surface area (Å²) in [5, 5.41) is 0. The molecule has 7 aliphatic carbocycles. The van der Waals surface area contributed by atoms with Crippen molar-refractivity contribution in [2.24, 2.45) is 71.0 Å². The molecule has 7 aliphatic rings. The lowest BCUT2D eigenvalue weighted by atomic mass is 9.40. The van der Waals surface area contributed by atoms with E-state index in [1.807, 2.05) is 0 Å². The van der Waals surface area contributed by atoms with E-state index in [2.05, 4.69) is 24.3 Å². The van der Waals surface area contributed by atoms with Gasteiger partial charge in [-0.1, -0.05) is 24.3 Å². The number of hydrogen-bond acceptors (Lipinski definition) is 0. The molecule has 0 spiro atoms. The Hall–Kier alpha value is -0.520. The second-order valence-electron chi connectivity index (χ2n) is 8.88. The van der Waals surface area contributed by atoms with Crippen LogP contribution in [0.3, 0.4) is 0 Å². The van der Waals surface area contributed by atoms with Crippen LogP contribution in [-0.4, -0.2) is 0 Å². The van der Waals surface area contributed by atoms with Crippen LogP contribution in [0.25, 0.3) is 0 Å². The molecule has 0 heterocycles. The maximum Gasteiger partial charge on any atom is -0.0165 e. The Morgan fingerprint density at radius 1 is 0.579 bits per heavy atom. The molecule has 0 nitrogen and oxygen atoms in total. The number of allylic oxidation sites excluding steroid dienone is 4. The number of hydrogen-bond donors (Lipinski definition) is 0. The third-order valence-electron chi connectivity index (χ3n) is 9.08. The van der Waals surface area contributed by atoms with Crippen molar-refractivity contribution in [3.63, 3.8) is 0 Å². The first-order valence-electron chi connectivity index (χ1n) is 8.78. The SMILES string of the molecule is C1=CC2C(C1)C1C3CC(C21)C1C2C4C=CC(C4)C2C31. The molecular formula is C19H22. The summed E-state index contributed by atoms with van der Waals surface area (Å²) in [6.07, 6.45) is 15.0. The fourth-order valence-electron chi connectivity index (χ4n) is 9.04. The van der Waals surface area contributed by atoms with Crippen LogP contribution in [0.4, 0.5) is 0 Å². The van der Waals surface area contributed by atoms with Gasteiger partial charge in [0.1, 0.15) is 0 Å². The van der Waals surface area contributed by atoms with Gasteiger partial charge in [-0.15, -0.1) is 0 Å². The summed E-state index contributed by atoms with van der Waals surface area (Å²) in [6, 6.07) is 0. The zero-order chi connectivity index (χ0) is 11.9. The smallest absolute Gasteiger partial charge is 0.0165 e. The van der Waals surface area contributed by atoms with Gasteiger partial charge >= 0.3 is 0 Å². The second-order valence-corrected chi connectivity index (χ2v) is 8.88. The van der Waals surface area contributed by atoms with Crippen molar-refractivity contribution in [3.8, 4) is 0 Å². The van der Waals surface area contributed by atoms with Gasteiger partial charge in [0.15, 0.2) is 0 Å². The number of rotatable bonds is 0. The summed E-state index contributed by atoms with van der Waals surface area (Å²) in [7, 11) is 0. The minimum atomic E-state index is 1.02. The average molecular weight is 250 g/mol. The van der Waals surface area contributed by atoms with Crippen molar-refractivity contribution in [2.45, 2.75) is 19.3 Å². The first-order valence-corrected chi connectivity index (χ1v) is 8.78. The van der Waals surface area contributed by atoms with E-state index in [0.29, 0.717) is 0 Å². The van der Waals surface area contributed by atoms with Gasteiger partial charge in [0.05, 0.1) is 0 Å². The molecular weight excluding hydrogens is 228 g/mol. The van der Waals surface area contributed by atoms with Crippen molar-refractivity contribution < 1.29 is 0 Å². The van der Waals surface area contributed by atoms with Crippen molar-refractivity contribution in [1.29, 1.82) is 0 Å². The summed E-state index contributed by atoms with van der Waals surface area (Å²) in [4.78, 5) is 0. The van der Waals surface area contributed by atoms with Gasteiger partial charge < -0.3 is 0 Å². The molecule has 0 aliphatic heterocycles. The van der Waals surface area contributed by atoms with E-state index < -0.39 is 0 Å². The summed E-state index contributed by atoms with van der Waals surface area (Å²) in [5.74, 6) is 13.5. The maximum absolute atomic E-state index is 2.61. The molecule has 0 aromatic rings. The third kappa shape index (κ3) is 0.755. The molecule has 0 amide bonds. The molecule has 12 unspecified atom stereocenters. The zero-order valence-electron chi connectivity index (χ0n) is 11.4. The van der Waals surface area contributed by atoms with Crippen LogP contribution in [0.1, 0.15) is 19.3 Å². The zero-order valence-corrected chi connectivity index (χ0v) is 11.4. The van der Waals surface area contributed by atoms with E-state index in [9.17, 15) is 0 Å². The molecule has 5 fully saturated rings. The van der Waals surface area contributed by atoms with E-state index in [1.54, 1.807) is 12.8 Å². The molecule has 19 heavy (non-hydrogen) atoms. The second kappa shape index (κ2) is 2.63. The molecule has 5 saturated carbocycles. The quantitative estimate of drug-likeness (QED) is 0.453. The van der Waals surface area contributed by atoms with Crippen LogP contribution in [0.2, 0.25) is 0 Å². The lowest BCUT2D eigenvalue weighted by Gasteiger charge is -2.64. The van der Waals surface area contributed by atoms with Gasteiger partial charge in [-0.25, -0.2) is 0 Å². The first kappa shape index (κ1) is 9.42. The first-order chi connectivity index (χ1) is 9.43. The van der Waals surface area contributed by atoms with Gasteiger partial charge in [0, 0.05) is 0 Å². The van der Waals surface area contributed by atoms with Crippen LogP contribution in [0.5, 0.6) is 0 Å². The largest absolute Gasteiger partial charge is 0.0879 e. The van der Waals surface area contributed by atoms with E-state index in [0.717, 1.165) is 47.3 Å². The Morgan fingerprint density at radius 2 is 1.32 bits per heavy atom. The highest BCUT2D eigenvalue weighted by Gasteiger charge is 2.76. The van der Waals surface area contributed by atoms with Crippen LogP contribution in [-0.2, 0) is 0 Å². The number of fused-ring (bicyclic) bond motifs is 18. The predicted octanol–water partition coefficient (Wildman–Crippen LogP) is 3.76. The lowest BCUT2D eigenvalue weighted by Crippen LogP contribution is -2.61. The minimum absolute atomic E-state index is 1.02. The van der Waals surface area contributed by atoms with E-state index >= 15 is 0 Å². The molecule has 12 atom stereocenters. The molecule has 0 saturated heterocycles. The molecule has 0 N–H and O–H groups in total. The molecule has 98 valence electrons. The fourth-order valence-corrected chi connectivity index (χ4v) is 9.04. The highest BCUT2D eigenvalue weighted by molar-refractivity contribution is 5.31. The summed E-state index contributed by atoms with van der Waals surface area (Å²) in [6.45, 7) is 0. The van der Waals surface area contributed by atoms with Gasteiger partial charge in [-0.3, -0.25) is 0 Å². The van der Waals surface area contributed by atoms with Crippen LogP contribution in [0, 0.1) is 71.0 Å². The van der Waals surface area contributed by atoms with Crippen molar-refractivity contribution in [1.82, 2.24) is 0 Å². The highest BCUT2D eigenvalue weighted by Crippen LogP contribution is 2.81. The molecule has 0 heteroatoms. The van der Waals surface area contributed by atoms with Gasteiger partial charge in [-0.05, 0) is 90.3 Å².